The molecule has 0 nitrogen and oxygen atoms in total. The van der Waals surface area contributed by atoms with Crippen molar-refractivity contribution < 1.29 is 13.2 Å². The van der Waals surface area contributed by atoms with Crippen LogP contribution in [0.25, 0.3) is 11.1 Å². The van der Waals surface area contributed by atoms with E-state index in [0.717, 1.165) is 13.0 Å². The molecule has 0 saturated carbocycles. The van der Waals surface area contributed by atoms with Crippen LogP contribution in [0.3, 0.4) is 0 Å². The summed E-state index contributed by atoms with van der Waals surface area (Å²) in [6.07, 6.45) is 0. The summed E-state index contributed by atoms with van der Waals surface area (Å²) in [6.45, 7) is 0.754. The van der Waals surface area contributed by atoms with E-state index in [1.54, 1.807) is 24.3 Å². The molecule has 0 aliphatic heterocycles. The van der Waals surface area contributed by atoms with Gasteiger partial charge in [0.2, 0.25) is 0 Å². The Balaban J connectivity index is 2.46. The summed E-state index contributed by atoms with van der Waals surface area (Å²) in [5, 5.41) is 0. The quantitative estimate of drug-likeness (QED) is 0.714. The third-order valence-electron chi connectivity index (χ3n) is 2.56. The van der Waals surface area contributed by atoms with Crippen LogP contribution < -0.4 is 0 Å². The van der Waals surface area contributed by atoms with E-state index in [1.807, 2.05) is 6.07 Å². The van der Waals surface area contributed by atoms with Gasteiger partial charge in [-0.1, -0.05) is 42.5 Å². The van der Waals surface area contributed by atoms with Gasteiger partial charge >= 0.3 is 0 Å². The smallest absolute Gasteiger partial charge is 0.206 e. The molecule has 88 valence electrons. The Bertz CT molecular complexity index is 513. The first kappa shape index (κ1) is 11.7. The van der Waals surface area contributed by atoms with Gasteiger partial charge in [-0.15, -0.1) is 0 Å². The van der Waals surface area contributed by atoms with Crippen molar-refractivity contribution in [1.29, 1.82) is 0 Å². The summed E-state index contributed by atoms with van der Waals surface area (Å²) in [7, 11) is 0. The zero-order valence-electron chi connectivity index (χ0n) is 9.25. The molecule has 17 heavy (non-hydrogen) atoms. The molecule has 0 heterocycles. The largest absolute Gasteiger partial charge is 0.270 e. The molecule has 0 atom stereocenters. The second-order valence-electron chi connectivity index (χ2n) is 3.95. The van der Waals surface area contributed by atoms with Crippen LogP contribution in [-0.2, 0) is 5.92 Å². The Morgan fingerprint density at radius 3 is 2.12 bits per heavy atom. The van der Waals surface area contributed by atoms with E-state index in [-0.39, 0.29) is 5.56 Å². The number of hydrogen-bond donors (Lipinski definition) is 0. The predicted molar refractivity (Wildman–Crippen MR) is 61.4 cm³/mol. The number of halogens is 3. The highest BCUT2D eigenvalue weighted by Crippen LogP contribution is 2.31. The van der Waals surface area contributed by atoms with E-state index < -0.39 is 11.7 Å². The lowest BCUT2D eigenvalue weighted by Gasteiger charge is -2.12. The van der Waals surface area contributed by atoms with Gasteiger partial charge in [0.05, 0.1) is 0 Å². The monoisotopic (exact) mass is 236 g/mol. The third-order valence-corrected chi connectivity index (χ3v) is 2.56. The van der Waals surface area contributed by atoms with Crippen LogP contribution in [0, 0.1) is 5.82 Å². The number of rotatable bonds is 2. The lowest BCUT2D eigenvalue weighted by Crippen LogP contribution is -2.07. The van der Waals surface area contributed by atoms with Crippen LogP contribution >= 0.6 is 0 Å². The molecule has 0 aliphatic carbocycles. The molecule has 0 unspecified atom stereocenters. The molecular formula is C14H11F3. The van der Waals surface area contributed by atoms with Gasteiger partial charge in [-0.3, -0.25) is 0 Å². The minimum Gasteiger partial charge on any atom is -0.206 e. The molecule has 0 amide bonds. The Morgan fingerprint density at radius 2 is 1.59 bits per heavy atom. The topological polar surface area (TPSA) is 0 Å². The van der Waals surface area contributed by atoms with Crippen molar-refractivity contribution >= 4 is 0 Å². The summed E-state index contributed by atoms with van der Waals surface area (Å²) in [5.41, 5.74) is 0.698. The van der Waals surface area contributed by atoms with Crippen LogP contribution in [0.1, 0.15) is 12.5 Å². The zero-order chi connectivity index (χ0) is 12.5. The molecule has 3 heteroatoms. The van der Waals surface area contributed by atoms with Gasteiger partial charge in [-0.25, -0.2) is 13.2 Å². The van der Waals surface area contributed by atoms with Crippen LogP contribution in [0.4, 0.5) is 13.2 Å². The fourth-order valence-corrected chi connectivity index (χ4v) is 1.64. The van der Waals surface area contributed by atoms with E-state index in [2.05, 4.69) is 0 Å². The molecule has 2 rings (SSSR count). The predicted octanol–water partition coefficient (Wildman–Crippen LogP) is 4.60. The van der Waals surface area contributed by atoms with Crippen LogP contribution in [0.15, 0.2) is 48.5 Å². The van der Waals surface area contributed by atoms with Gasteiger partial charge in [0, 0.05) is 18.1 Å². The van der Waals surface area contributed by atoms with Gasteiger partial charge in [-0.05, 0) is 11.6 Å². The molecule has 0 radical (unpaired) electrons. The molecule has 0 saturated heterocycles. The minimum absolute atomic E-state index is 0.310. The lowest BCUT2D eigenvalue weighted by molar-refractivity contribution is 0.0172. The fourth-order valence-electron chi connectivity index (χ4n) is 1.64. The Labute approximate surface area is 97.7 Å². The second-order valence-corrected chi connectivity index (χ2v) is 3.95. The minimum atomic E-state index is -3.02. The maximum Gasteiger partial charge on any atom is 0.270 e. The summed E-state index contributed by atoms with van der Waals surface area (Å²) in [4.78, 5) is 0. The summed E-state index contributed by atoms with van der Waals surface area (Å²) in [6, 6.07) is 12.4. The van der Waals surface area contributed by atoms with Crippen LogP contribution in [0.5, 0.6) is 0 Å². The summed E-state index contributed by atoms with van der Waals surface area (Å²) in [5.74, 6) is -3.65. The fraction of sp³-hybridized carbons (Fsp3) is 0.143. The molecule has 0 spiro atoms. The van der Waals surface area contributed by atoms with E-state index in [0.29, 0.717) is 11.1 Å². The molecule has 2 aromatic rings. The summed E-state index contributed by atoms with van der Waals surface area (Å²) < 4.78 is 39.7. The lowest BCUT2D eigenvalue weighted by atomic mass is 10.0. The van der Waals surface area contributed by atoms with Crippen LogP contribution in [0.2, 0.25) is 0 Å². The maximum atomic E-state index is 13.7. The van der Waals surface area contributed by atoms with Gasteiger partial charge in [0.25, 0.3) is 5.92 Å². The third kappa shape index (κ3) is 2.49. The van der Waals surface area contributed by atoms with Gasteiger partial charge in [-0.2, -0.15) is 0 Å². The van der Waals surface area contributed by atoms with Crippen molar-refractivity contribution in [2.75, 3.05) is 0 Å². The van der Waals surface area contributed by atoms with Gasteiger partial charge in [0.1, 0.15) is 5.82 Å². The number of alkyl halides is 2. The Morgan fingerprint density at radius 1 is 0.941 bits per heavy atom. The van der Waals surface area contributed by atoms with E-state index in [1.165, 1.54) is 12.1 Å². The maximum absolute atomic E-state index is 13.7. The van der Waals surface area contributed by atoms with Gasteiger partial charge < -0.3 is 0 Å². The Hall–Kier alpha value is -1.77. The highest BCUT2D eigenvalue weighted by atomic mass is 19.3. The van der Waals surface area contributed by atoms with Crippen molar-refractivity contribution in [1.82, 2.24) is 0 Å². The highest BCUT2D eigenvalue weighted by molar-refractivity contribution is 5.64. The van der Waals surface area contributed by atoms with Crippen molar-refractivity contribution in [3.63, 3.8) is 0 Å². The van der Waals surface area contributed by atoms with Crippen molar-refractivity contribution in [2.24, 2.45) is 0 Å². The Kier molecular flexibility index (Phi) is 2.92. The standard InChI is InChI=1S/C14H11F3/c1-14(16,17)11-7-8-12(13(15)9-11)10-5-3-2-4-6-10/h2-9H,1H3. The normalized spacial score (nSPS) is 11.5. The van der Waals surface area contributed by atoms with Crippen molar-refractivity contribution in [2.45, 2.75) is 12.8 Å². The van der Waals surface area contributed by atoms with E-state index >= 15 is 0 Å². The molecule has 2 aromatic carbocycles. The molecule has 0 aromatic heterocycles. The van der Waals surface area contributed by atoms with E-state index in [4.69, 9.17) is 0 Å². The average molecular weight is 236 g/mol. The first-order valence-electron chi connectivity index (χ1n) is 5.22. The van der Waals surface area contributed by atoms with Gasteiger partial charge in [0.15, 0.2) is 0 Å². The molecular weight excluding hydrogens is 225 g/mol. The van der Waals surface area contributed by atoms with Crippen molar-refractivity contribution in [3.05, 3.63) is 59.9 Å². The highest BCUT2D eigenvalue weighted by Gasteiger charge is 2.25. The molecule has 0 N–H and O–H groups in total. The van der Waals surface area contributed by atoms with Crippen molar-refractivity contribution in [3.8, 4) is 11.1 Å². The molecule has 0 aliphatic rings. The number of hydrogen-bond acceptors (Lipinski definition) is 0. The number of benzene rings is 2. The SMILES string of the molecule is CC(F)(F)c1ccc(-c2ccccc2)c(F)c1. The average Bonchev–Trinajstić information content (AvgIpc) is 2.29. The second kappa shape index (κ2) is 4.24. The first-order chi connectivity index (χ1) is 7.98. The molecule has 0 fully saturated rings. The first-order valence-corrected chi connectivity index (χ1v) is 5.22. The molecule has 0 bridgehead atoms. The van der Waals surface area contributed by atoms with E-state index in [9.17, 15) is 13.2 Å². The zero-order valence-corrected chi connectivity index (χ0v) is 9.25. The summed E-state index contributed by atoms with van der Waals surface area (Å²) >= 11 is 0. The van der Waals surface area contributed by atoms with Crippen LogP contribution in [-0.4, -0.2) is 0 Å².